The van der Waals surface area contributed by atoms with Crippen molar-refractivity contribution in [2.45, 2.75) is 26.3 Å². The van der Waals surface area contributed by atoms with E-state index in [2.05, 4.69) is 5.32 Å². The number of hydrogen-bond donors (Lipinski definition) is 1. The second-order valence-corrected chi connectivity index (χ2v) is 4.57. The van der Waals surface area contributed by atoms with E-state index in [1.165, 1.54) is 12.1 Å². The van der Waals surface area contributed by atoms with Crippen molar-refractivity contribution in [1.29, 1.82) is 0 Å². The van der Waals surface area contributed by atoms with E-state index in [1.807, 2.05) is 36.4 Å². The first kappa shape index (κ1) is 12.4. The molecule has 0 radical (unpaired) electrons. The molecular formula is C11H13FINO. The van der Waals surface area contributed by atoms with Crippen molar-refractivity contribution in [3.05, 3.63) is 33.1 Å². The Balaban J connectivity index is 2.86. The van der Waals surface area contributed by atoms with Crippen molar-refractivity contribution >= 4 is 28.5 Å². The summed E-state index contributed by atoms with van der Waals surface area (Å²) in [5.41, 5.74) is 0.399. The molecule has 0 bridgehead atoms. The van der Waals surface area contributed by atoms with E-state index in [9.17, 15) is 9.18 Å². The van der Waals surface area contributed by atoms with Crippen molar-refractivity contribution in [1.82, 2.24) is 5.32 Å². The standard InChI is InChI=1S/C11H13FINO/c1-3-7(2)14-11(15)9-6-8(12)4-5-10(9)13/h4-7H,3H2,1-2H3,(H,14,15). The highest BCUT2D eigenvalue weighted by Crippen LogP contribution is 2.14. The van der Waals surface area contributed by atoms with Crippen LogP contribution >= 0.6 is 22.6 Å². The summed E-state index contributed by atoms with van der Waals surface area (Å²) < 4.78 is 13.7. The Morgan fingerprint density at radius 2 is 2.27 bits per heavy atom. The predicted octanol–water partition coefficient (Wildman–Crippen LogP) is 2.96. The van der Waals surface area contributed by atoms with Crippen LogP contribution in [0.5, 0.6) is 0 Å². The molecule has 1 unspecified atom stereocenters. The first-order chi connectivity index (χ1) is 7.04. The van der Waals surface area contributed by atoms with Crippen LogP contribution in [-0.2, 0) is 0 Å². The number of nitrogens with one attached hydrogen (secondary N) is 1. The first-order valence-corrected chi connectivity index (χ1v) is 5.88. The molecule has 1 aromatic rings. The third-order valence-corrected chi connectivity index (χ3v) is 3.10. The molecule has 82 valence electrons. The number of carbonyl (C=O) groups excluding carboxylic acids is 1. The van der Waals surface area contributed by atoms with Crippen molar-refractivity contribution in [2.24, 2.45) is 0 Å². The van der Waals surface area contributed by atoms with Crippen molar-refractivity contribution < 1.29 is 9.18 Å². The molecule has 4 heteroatoms. The molecule has 2 nitrogen and oxygen atoms in total. The van der Waals surface area contributed by atoms with E-state index in [0.717, 1.165) is 9.99 Å². The molecule has 0 aliphatic heterocycles. The Labute approximate surface area is 102 Å². The highest BCUT2D eigenvalue weighted by atomic mass is 127. The number of benzene rings is 1. The number of rotatable bonds is 3. The SMILES string of the molecule is CCC(C)NC(=O)c1cc(F)ccc1I. The number of hydrogen-bond acceptors (Lipinski definition) is 1. The van der Waals surface area contributed by atoms with Gasteiger partial charge >= 0.3 is 0 Å². The van der Waals surface area contributed by atoms with Gasteiger partial charge in [-0.3, -0.25) is 4.79 Å². The van der Waals surface area contributed by atoms with E-state index in [0.29, 0.717) is 5.56 Å². The maximum absolute atomic E-state index is 12.9. The minimum Gasteiger partial charge on any atom is -0.350 e. The van der Waals surface area contributed by atoms with Crippen molar-refractivity contribution in [2.75, 3.05) is 0 Å². The van der Waals surface area contributed by atoms with Crippen LogP contribution in [0, 0.1) is 9.39 Å². The lowest BCUT2D eigenvalue weighted by Gasteiger charge is -2.12. The fraction of sp³-hybridized carbons (Fsp3) is 0.364. The number of amides is 1. The maximum Gasteiger partial charge on any atom is 0.252 e. The average Bonchev–Trinajstić information content (AvgIpc) is 2.21. The molecular weight excluding hydrogens is 308 g/mol. The van der Waals surface area contributed by atoms with E-state index in [1.54, 1.807) is 6.07 Å². The molecule has 0 saturated carbocycles. The molecule has 0 spiro atoms. The molecule has 0 aromatic heterocycles. The summed E-state index contributed by atoms with van der Waals surface area (Å²) in [4.78, 5) is 11.7. The molecule has 0 aliphatic carbocycles. The van der Waals surface area contributed by atoms with E-state index < -0.39 is 0 Å². The summed E-state index contributed by atoms with van der Waals surface area (Å²) in [5.74, 6) is -0.599. The molecule has 1 N–H and O–H groups in total. The Morgan fingerprint density at radius 1 is 1.60 bits per heavy atom. The Bertz CT molecular complexity index is 368. The van der Waals surface area contributed by atoms with E-state index >= 15 is 0 Å². The lowest BCUT2D eigenvalue weighted by Crippen LogP contribution is -2.32. The fourth-order valence-corrected chi connectivity index (χ4v) is 1.66. The van der Waals surface area contributed by atoms with Gasteiger partial charge in [-0.05, 0) is 54.1 Å². The normalized spacial score (nSPS) is 12.3. The average molecular weight is 321 g/mol. The highest BCUT2D eigenvalue weighted by molar-refractivity contribution is 14.1. The van der Waals surface area contributed by atoms with Crippen molar-refractivity contribution in [3.63, 3.8) is 0 Å². The minimum absolute atomic E-state index is 0.108. The largest absolute Gasteiger partial charge is 0.350 e. The van der Waals surface area contributed by atoms with Crippen LogP contribution in [0.1, 0.15) is 30.6 Å². The summed E-state index contributed by atoms with van der Waals surface area (Å²) >= 11 is 2.02. The number of halogens is 2. The summed E-state index contributed by atoms with van der Waals surface area (Å²) in [6.07, 6.45) is 0.859. The zero-order chi connectivity index (χ0) is 11.4. The second-order valence-electron chi connectivity index (χ2n) is 3.41. The smallest absolute Gasteiger partial charge is 0.252 e. The molecule has 0 fully saturated rings. The molecule has 0 saturated heterocycles. The lowest BCUT2D eigenvalue weighted by atomic mass is 10.2. The van der Waals surface area contributed by atoms with Crippen LogP contribution in [0.3, 0.4) is 0 Å². The monoisotopic (exact) mass is 321 g/mol. The Kier molecular flexibility index (Phi) is 4.50. The summed E-state index contributed by atoms with van der Waals surface area (Å²) in [5, 5.41) is 2.80. The van der Waals surface area contributed by atoms with Crippen LogP contribution in [0.2, 0.25) is 0 Å². The summed E-state index contributed by atoms with van der Waals surface area (Å²) in [6.45, 7) is 3.91. The first-order valence-electron chi connectivity index (χ1n) is 4.80. The van der Waals surface area contributed by atoms with Gasteiger partial charge in [0.05, 0.1) is 5.56 Å². The van der Waals surface area contributed by atoms with Crippen LogP contribution in [0.4, 0.5) is 4.39 Å². The predicted molar refractivity (Wildman–Crippen MR) is 66.3 cm³/mol. The van der Waals surface area contributed by atoms with Gasteiger partial charge in [0.15, 0.2) is 0 Å². The molecule has 0 aliphatic rings. The van der Waals surface area contributed by atoms with Crippen LogP contribution in [0.25, 0.3) is 0 Å². The lowest BCUT2D eigenvalue weighted by molar-refractivity contribution is 0.0938. The van der Waals surface area contributed by atoms with Gasteiger partial charge in [-0.2, -0.15) is 0 Å². The Hall–Kier alpha value is -0.650. The van der Waals surface area contributed by atoms with Crippen LogP contribution in [0.15, 0.2) is 18.2 Å². The summed E-state index contributed by atoms with van der Waals surface area (Å²) in [6, 6.07) is 4.32. The zero-order valence-corrected chi connectivity index (χ0v) is 10.8. The molecule has 1 amide bonds. The second kappa shape index (κ2) is 5.44. The van der Waals surface area contributed by atoms with Gasteiger partial charge in [0.1, 0.15) is 5.82 Å². The van der Waals surface area contributed by atoms with Gasteiger partial charge in [0.25, 0.3) is 5.91 Å². The van der Waals surface area contributed by atoms with Gasteiger partial charge in [-0.25, -0.2) is 4.39 Å². The molecule has 15 heavy (non-hydrogen) atoms. The molecule has 1 atom stereocenters. The Morgan fingerprint density at radius 3 is 2.87 bits per heavy atom. The van der Waals surface area contributed by atoms with E-state index in [-0.39, 0.29) is 17.8 Å². The molecule has 0 heterocycles. The summed E-state index contributed by atoms with van der Waals surface area (Å²) in [7, 11) is 0. The molecule has 1 aromatic carbocycles. The van der Waals surface area contributed by atoms with E-state index in [4.69, 9.17) is 0 Å². The third kappa shape index (κ3) is 3.44. The van der Waals surface area contributed by atoms with Gasteiger partial charge < -0.3 is 5.32 Å². The van der Waals surface area contributed by atoms with Crippen molar-refractivity contribution in [3.8, 4) is 0 Å². The van der Waals surface area contributed by atoms with Crippen LogP contribution in [-0.4, -0.2) is 11.9 Å². The quantitative estimate of drug-likeness (QED) is 0.852. The fourth-order valence-electron chi connectivity index (χ4n) is 1.08. The van der Waals surface area contributed by atoms with Gasteiger partial charge in [0, 0.05) is 9.61 Å². The number of carbonyl (C=O) groups is 1. The topological polar surface area (TPSA) is 29.1 Å². The maximum atomic E-state index is 12.9. The third-order valence-electron chi connectivity index (χ3n) is 2.16. The minimum atomic E-state index is -0.385. The molecule has 1 rings (SSSR count). The highest BCUT2D eigenvalue weighted by Gasteiger charge is 2.12. The zero-order valence-electron chi connectivity index (χ0n) is 8.68. The van der Waals surface area contributed by atoms with Gasteiger partial charge in [-0.15, -0.1) is 0 Å². The van der Waals surface area contributed by atoms with Gasteiger partial charge in [-0.1, -0.05) is 6.92 Å². The van der Waals surface area contributed by atoms with Crippen LogP contribution < -0.4 is 5.32 Å². The van der Waals surface area contributed by atoms with Gasteiger partial charge in [0.2, 0.25) is 0 Å².